The molecule has 0 radical (unpaired) electrons. The molecule has 1 saturated carbocycles. The lowest BCUT2D eigenvalue weighted by Crippen LogP contribution is -2.54. The molecule has 1 N–H and O–H groups in total. The highest BCUT2D eigenvalue weighted by atomic mass is 32.2. The molecule has 0 heterocycles. The van der Waals surface area contributed by atoms with Gasteiger partial charge in [0.25, 0.3) is 0 Å². The van der Waals surface area contributed by atoms with Crippen molar-refractivity contribution < 1.29 is 22.7 Å². The minimum absolute atomic E-state index is 0.0617. The molecule has 1 fully saturated rings. The number of hydrogen-bond acceptors (Lipinski definition) is 5. The number of methoxy groups -OCH3 is 1. The molecule has 3 aromatic rings. The number of aryl methyl sites for hydroxylation is 2. The molecule has 1 atom stereocenters. The van der Waals surface area contributed by atoms with Crippen LogP contribution in [-0.2, 0) is 32.6 Å². The lowest BCUT2D eigenvalue weighted by atomic mass is 10.0. The van der Waals surface area contributed by atoms with Gasteiger partial charge in [-0.3, -0.25) is 13.9 Å². The Morgan fingerprint density at radius 1 is 0.929 bits per heavy atom. The summed E-state index contributed by atoms with van der Waals surface area (Å²) in [4.78, 5) is 29.8. The van der Waals surface area contributed by atoms with Crippen LogP contribution >= 0.6 is 0 Å². The van der Waals surface area contributed by atoms with Crippen molar-refractivity contribution >= 4 is 27.5 Å². The molecule has 0 unspecified atom stereocenters. The van der Waals surface area contributed by atoms with Crippen LogP contribution in [-0.4, -0.2) is 57.1 Å². The molecular weight excluding hydrogens is 550 g/mol. The average Bonchev–Trinajstić information content (AvgIpc) is 3.47. The third kappa shape index (κ3) is 7.91. The van der Waals surface area contributed by atoms with E-state index in [1.165, 1.54) is 4.90 Å². The number of nitrogens with one attached hydrogen (secondary N) is 1. The normalized spacial score (nSPS) is 14.3. The predicted molar refractivity (Wildman–Crippen MR) is 166 cm³/mol. The van der Waals surface area contributed by atoms with E-state index >= 15 is 0 Å². The summed E-state index contributed by atoms with van der Waals surface area (Å²) in [6.07, 6.45) is 5.31. The monoisotopic (exact) mass is 591 g/mol. The van der Waals surface area contributed by atoms with Crippen molar-refractivity contribution in [2.24, 2.45) is 0 Å². The lowest BCUT2D eigenvalue weighted by molar-refractivity contribution is -0.140. The van der Waals surface area contributed by atoms with Gasteiger partial charge in [-0.15, -0.1) is 0 Å². The van der Waals surface area contributed by atoms with Gasteiger partial charge in [-0.2, -0.15) is 0 Å². The van der Waals surface area contributed by atoms with Crippen LogP contribution in [0.1, 0.15) is 47.9 Å². The second kappa shape index (κ2) is 13.9. The van der Waals surface area contributed by atoms with Gasteiger partial charge in [0, 0.05) is 19.0 Å². The Morgan fingerprint density at radius 2 is 1.55 bits per heavy atom. The Bertz CT molecular complexity index is 1470. The molecule has 3 aromatic carbocycles. The third-order valence-corrected chi connectivity index (χ3v) is 8.94. The Kier molecular flexibility index (Phi) is 10.3. The van der Waals surface area contributed by atoms with Crippen LogP contribution in [0.4, 0.5) is 5.69 Å². The van der Waals surface area contributed by atoms with E-state index in [1.54, 1.807) is 7.11 Å². The minimum Gasteiger partial charge on any atom is -0.497 e. The van der Waals surface area contributed by atoms with Crippen molar-refractivity contribution in [2.45, 2.75) is 64.6 Å². The molecule has 0 bridgehead atoms. The number of hydrogen-bond donors (Lipinski definition) is 1. The van der Waals surface area contributed by atoms with Gasteiger partial charge in [0.1, 0.15) is 18.3 Å². The average molecular weight is 592 g/mol. The molecule has 0 spiro atoms. The molecular formula is C33H41N3O5S. The third-order valence-electron chi connectivity index (χ3n) is 7.83. The first-order valence-corrected chi connectivity index (χ1v) is 16.2. The molecule has 1 aliphatic rings. The van der Waals surface area contributed by atoms with Crippen LogP contribution in [0.3, 0.4) is 0 Å². The molecule has 1 aliphatic carbocycles. The van der Waals surface area contributed by atoms with Crippen LogP contribution in [0, 0.1) is 13.8 Å². The summed E-state index contributed by atoms with van der Waals surface area (Å²) in [5.74, 6) is -0.0726. The predicted octanol–water partition coefficient (Wildman–Crippen LogP) is 4.78. The van der Waals surface area contributed by atoms with E-state index in [0.717, 1.165) is 58.5 Å². The van der Waals surface area contributed by atoms with Gasteiger partial charge in [0.15, 0.2) is 0 Å². The minimum atomic E-state index is -3.83. The molecule has 4 rings (SSSR count). The van der Waals surface area contributed by atoms with Crippen molar-refractivity contribution in [1.29, 1.82) is 0 Å². The van der Waals surface area contributed by atoms with Crippen molar-refractivity contribution in [3.8, 4) is 5.75 Å². The Labute approximate surface area is 249 Å². The quantitative estimate of drug-likeness (QED) is 0.327. The highest BCUT2D eigenvalue weighted by Gasteiger charge is 2.34. The van der Waals surface area contributed by atoms with Gasteiger partial charge in [-0.25, -0.2) is 8.42 Å². The van der Waals surface area contributed by atoms with Crippen LogP contribution in [0.15, 0.2) is 72.8 Å². The van der Waals surface area contributed by atoms with Crippen LogP contribution in [0.5, 0.6) is 5.75 Å². The maximum atomic E-state index is 14.3. The fourth-order valence-electron chi connectivity index (χ4n) is 5.66. The fraction of sp³-hybridized carbons (Fsp3) is 0.394. The molecule has 2 amide bonds. The van der Waals surface area contributed by atoms with E-state index in [9.17, 15) is 18.0 Å². The number of carbonyl (C=O) groups excluding carboxylic acids is 2. The highest BCUT2D eigenvalue weighted by Crippen LogP contribution is 2.28. The first-order chi connectivity index (χ1) is 20.1. The topological polar surface area (TPSA) is 96.0 Å². The van der Waals surface area contributed by atoms with Crippen molar-refractivity contribution in [3.63, 3.8) is 0 Å². The molecule has 224 valence electrons. The zero-order valence-electron chi connectivity index (χ0n) is 24.9. The SMILES string of the molecule is COc1cccc(CN(C(=O)CN(c2c(C)cccc2C)S(C)(=O)=O)[C@H](Cc2ccccc2)C(=O)NC2CCCC2)c1. The molecule has 8 nitrogen and oxygen atoms in total. The standard InChI is InChI=1S/C33H41N3O5S/c1-24-12-10-13-25(2)32(24)36(42(4,39)40)23-31(37)35(22-27-16-11-19-29(20-27)41-3)30(21-26-14-6-5-7-15-26)33(38)34-28-17-8-9-18-28/h5-7,10-16,19-20,28,30H,8-9,17-18,21-23H2,1-4H3,(H,34,38)/t30-/m1/s1. The second-order valence-corrected chi connectivity index (χ2v) is 13.0. The lowest BCUT2D eigenvalue weighted by Gasteiger charge is -2.34. The zero-order chi connectivity index (χ0) is 30.3. The highest BCUT2D eigenvalue weighted by molar-refractivity contribution is 7.92. The Morgan fingerprint density at radius 3 is 2.17 bits per heavy atom. The first kappa shape index (κ1) is 31.1. The maximum absolute atomic E-state index is 14.3. The van der Waals surface area contributed by atoms with Crippen molar-refractivity contribution in [2.75, 3.05) is 24.2 Å². The number of anilines is 1. The van der Waals surface area contributed by atoms with Gasteiger partial charge in [-0.1, -0.05) is 73.5 Å². The summed E-state index contributed by atoms with van der Waals surface area (Å²) < 4.78 is 32.8. The number of rotatable bonds is 12. The molecule has 42 heavy (non-hydrogen) atoms. The van der Waals surface area contributed by atoms with Crippen LogP contribution in [0.25, 0.3) is 0 Å². The summed E-state index contributed by atoms with van der Waals surface area (Å²) in [7, 11) is -2.26. The smallest absolute Gasteiger partial charge is 0.244 e. The number of sulfonamides is 1. The summed E-state index contributed by atoms with van der Waals surface area (Å²) in [5.41, 5.74) is 3.64. The zero-order valence-corrected chi connectivity index (χ0v) is 25.7. The number of benzene rings is 3. The van der Waals surface area contributed by atoms with E-state index in [4.69, 9.17) is 4.74 Å². The summed E-state index contributed by atoms with van der Waals surface area (Å²) in [5, 5.41) is 3.19. The summed E-state index contributed by atoms with van der Waals surface area (Å²) in [6, 6.07) is 21.6. The molecule has 0 saturated heterocycles. The first-order valence-electron chi connectivity index (χ1n) is 14.4. The maximum Gasteiger partial charge on any atom is 0.244 e. The summed E-state index contributed by atoms with van der Waals surface area (Å²) >= 11 is 0. The number of carbonyl (C=O) groups is 2. The number of ether oxygens (including phenoxy) is 1. The van der Waals surface area contributed by atoms with Gasteiger partial charge in [0.2, 0.25) is 21.8 Å². The van der Waals surface area contributed by atoms with Gasteiger partial charge in [-0.05, 0) is 61.1 Å². The Balaban J connectivity index is 1.76. The number of nitrogens with zero attached hydrogens (tertiary/aromatic N) is 2. The number of amides is 2. The van der Waals surface area contributed by atoms with Gasteiger partial charge in [0.05, 0.1) is 19.1 Å². The van der Waals surface area contributed by atoms with Crippen molar-refractivity contribution in [1.82, 2.24) is 10.2 Å². The van der Waals surface area contributed by atoms with E-state index in [2.05, 4.69) is 5.32 Å². The van der Waals surface area contributed by atoms with Crippen LogP contribution in [0.2, 0.25) is 0 Å². The number of para-hydroxylation sites is 1. The van der Waals surface area contributed by atoms with E-state index in [0.29, 0.717) is 11.4 Å². The molecule has 0 aromatic heterocycles. The van der Waals surface area contributed by atoms with Gasteiger partial charge < -0.3 is 15.0 Å². The Hall–Kier alpha value is -3.85. The van der Waals surface area contributed by atoms with E-state index < -0.39 is 28.5 Å². The second-order valence-electron chi connectivity index (χ2n) is 11.1. The van der Waals surface area contributed by atoms with Crippen molar-refractivity contribution in [3.05, 3.63) is 95.1 Å². The molecule has 0 aliphatic heterocycles. The molecule has 9 heteroatoms. The largest absolute Gasteiger partial charge is 0.497 e. The van der Waals surface area contributed by atoms with Crippen LogP contribution < -0.4 is 14.4 Å². The van der Waals surface area contributed by atoms with Gasteiger partial charge >= 0.3 is 0 Å². The van der Waals surface area contributed by atoms with E-state index in [-0.39, 0.29) is 24.9 Å². The van der Waals surface area contributed by atoms with E-state index in [1.807, 2.05) is 86.6 Å². The fourth-order valence-corrected chi connectivity index (χ4v) is 6.63. The summed E-state index contributed by atoms with van der Waals surface area (Å²) in [6.45, 7) is 3.32.